The number of esters is 3. The molecule has 3 rings (SSSR count). The third-order valence-corrected chi connectivity index (χ3v) is 4.87. The molecule has 0 aromatic carbocycles. The minimum absolute atomic E-state index is 0.0299. The van der Waals surface area contributed by atoms with Gasteiger partial charge < -0.3 is 24.7 Å². The summed E-state index contributed by atoms with van der Waals surface area (Å²) < 4.78 is 23.1. The van der Waals surface area contributed by atoms with E-state index in [0.29, 0.717) is 0 Å². The third-order valence-electron chi connectivity index (χ3n) is 4.87. The topological polar surface area (TPSA) is 188 Å². The molecular formula is C18H21N5O9. The fourth-order valence-electron chi connectivity index (χ4n) is 3.74. The molecule has 1 saturated heterocycles. The highest BCUT2D eigenvalue weighted by Gasteiger charge is 2.60. The fraction of sp³-hybridized carbons (Fsp3) is 0.500. The van der Waals surface area contributed by atoms with E-state index in [2.05, 4.69) is 9.97 Å². The highest BCUT2D eigenvalue weighted by molar-refractivity contribution is 5.95. The van der Waals surface area contributed by atoms with Gasteiger partial charge in [-0.2, -0.15) is 0 Å². The van der Waals surface area contributed by atoms with Crippen molar-refractivity contribution in [3.05, 3.63) is 22.6 Å². The molecule has 14 nitrogen and oxygen atoms in total. The second-order valence-electron chi connectivity index (χ2n) is 7.27. The summed E-state index contributed by atoms with van der Waals surface area (Å²) in [5.74, 6) is -2.19. The number of nitrogens with zero attached hydrogens (tertiary/aromatic N) is 4. The summed E-state index contributed by atoms with van der Waals surface area (Å²) in [5, 5.41) is 11.6. The first kappa shape index (κ1) is 22.9. The number of hydrogen-bond acceptors (Lipinski definition) is 12. The van der Waals surface area contributed by atoms with Crippen molar-refractivity contribution < 1.29 is 38.3 Å². The van der Waals surface area contributed by atoms with Crippen LogP contribution >= 0.6 is 0 Å². The lowest BCUT2D eigenvalue weighted by Crippen LogP contribution is -2.50. The van der Waals surface area contributed by atoms with Crippen LogP contribution in [0.15, 0.2) is 12.5 Å². The highest BCUT2D eigenvalue weighted by Crippen LogP contribution is 2.46. The van der Waals surface area contributed by atoms with Gasteiger partial charge in [-0.25, -0.2) is 9.97 Å². The molecular weight excluding hydrogens is 430 g/mol. The third kappa shape index (κ3) is 4.03. The first-order valence-corrected chi connectivity index (χ1v) is 9.36. The molecule has 1 fully saturated rings. The molecule has 3 heterocycles. The summed E-state index contributed by atoms with van der Waals surface area (Å²) in [7, 11) is 0. The first-order chi connectivity index (χ1) is 15.0. The number of nitrogens with two attached hydrogens (primary N) is 1. The minimum Gasteiger partial charge on any atom is -0.463 e. The van der Waals surface area contributed by atoms with Crippen LogP contribution in [0.25, 0.3) is 11.0 Å². The molecule has 0 radical (unpaired) electrons. The van der Waals surface area contributed by atoms with Crippen LogP contribution in [0.3, 0.4) is 0 Å². The normalized spacial score (nSPS) is 24.8. The number of nitro groups is 1. The number of aromatic nitrogens is 3. The molecule has 4 atom stereocenters. The van der Waals surface area contributed by atoms with Gasteiger partial charge in [0.05, 0.1) is 11.1 Å². The largest absolute Gasteiger partial charge is 0.463 e. The zero-order valence-electron chi connectivity index (χ0n) is 17.6. The standard InChI is InChI=1S/C18H21N5O9/c1-8(24)29-6-12-14(30-9(2)25)18(4,32-10(3)26)17(31-12)22-5-11(23(27)28)13-15(19)20-7-21-16(13)22/h5,7,12,14,17H,6H2,1-4H3,(H2,19,20,21)/t12-,14-,17-,18?/m1/s1. The van der Waals surface area contributed by atoms with Gasteiger partial charge in [-0.15, -0.1) is 0 Å². The average molecular weight is 451 g/mol. The van der Waals surface area contributed by atoms with Crippen molar-refractivity contribution >= 4 is 40.4 Å². The fourth-order valence-corrected chi connectivity index (χ4v) is 3.74. The number of hydrogen-bond donors (Lipinski definition) is 1. The summed E-state index contributed by atoms with van der Waals surface area (Å²) in [4.78, 5) is 53.9. The Labute approximate surface area is 180 Å². The summed E-state index contributed by atoms with van der Waals surface area (Å²) in [5.41, 5.74) is 3.78. The molecule has 2 aromatic heterocycles. The van der Waals surface area contributed by atoms with E-state index in [1.54, 1.807) is 0 Å². The smallest absolute Gasteiger partial charge is 0.303 e. The van der Waals surface area contributed by atoms with Crippen molar-refractivity contribution in [3.8, 4) is 0 Å². The number of nitrogen functional groups attached to an aromatic ring is 1. The summed E-state index contributed by atoms with van der Waals surface area (Å²) >= 11 is 0. The molecule has 1 aliphatic heterocycles. The van der Waals surface area contributed by atoms with Crippen molar-refractivity contribution in [3.63, 3.8) is 0 Å². The Hall–Kier alpha value is -3.81. The lowest BCUT2D eigenvalue weighted by atomic mass is 9.95. The predicted octanol–water partition coefficient (Wildman–Crippen LogP) is 0.636. The molecule has 0 bridgehead atoms. The van der Waals surface area contributed by atoms with Gasteiger partial charge >= 0.3 is 17.9 Å². The monoisotopic (exact) mass is 451 g/mol. The molecule has 1 unspecified atom stereocenters. The van der Waals surface area contributed by atoms with Gasteiger partial charge in [-0.3, -0.25) is 29.1 Å². The van der Waals surface area contributed by atoms with E-state index >= 15 is 0 Å². The van der Waals surface area contributed by atoms with Crippen LogP contribution in [-0.4, -0.2) is 61.8 Å². The van der Waals surface area contributed by atoms with E-state index in [0.717, 1.165) is 26.4 Å². The summed E-state index contributed by atoms with van der Waals surface area (Å²) in [6, 6.07) is 0. The van der Waals surface area contributed by atoms with Crippen LogP contribution in [0.2, 0.25) is 0 Å². The van der Waals surface area contributed by atoms with E-state index in [1.807, 2.05) is 0 Å². The number of anilines is 1. The minimum atomic E-state index is -1.68. The van der Waals surface area contributed by atoms with E-state index in [-0.39, 0.29) is 23.5 Å². The molecule has 0 saturated carbocycles. The Morgan fingerprint density at radius 1 is 1.25 bits per heavy atom. The van der Waals surface area contributed by atoms with E-state index in [9.17, 15) is 24.5 Å². The lowest BCUT2D eigenvalue weighted by Gasteiger charge is -2.34. The molecule has 14 heteroatoms. The number of ether oxygens (including phenoxy) is 4. The molecule has 172 valence electrons. The second kappa shape index (κ2) is 8.37. The molecule has 1 aliphatic rings. The van der Waals surface area contributed by atoms with Crippen LogP contribution in [0.1, 0.15) is 33.9 Å². The Bertz CT molecular complexity index is 1100. The number of carbonyl (C=O) groups is 3. The van der Waals surface area contributed by atoms with Crippen molar-refractivity contribution in [2.75, 3.05) is 12.3 Å². The van der Waals surface area contributed by atoms with Crippen LogP contribution < -0.4 is 5.73 Å². The Balaban J connectivity index is 2.20. The van der Waals surface area contributed by atoms with Gasteiger partial charge in [-0.05, 0) is 6.92 Å². The number of rotatable bonds is 6. The maximum absolute atomic E-state index is 12.0. The average Bonchev–Trinajstić information content (AvgIpc) is 3.17. The molecule has 2 N–H and O–H groups in total. The first-order valence-electron chi connectivity index (χ1n) is 9.36. The molecule has 0 amide bonds. The van der Waals surface area contributed by atoms with E-state index in [4.69, 9.17) is 24.7 Å². The highest BCUT2D eigenvalue weighted by atomic mass is 16.7. The van der Waals surface area contributed by atoms with Crippen molar-refractivity contribution in [1.29, 1.82) is 0 Å². The molecule has 32 heavy (non-hydrogen) atoms. The van der Waals surface area contributed by atoms with Crippen LogP contribution in [0.5, 0.6) is 0 Å². The van der Waals surface area contributed by atoms with Crippen LogP contribution in [-0.2, 0) is 33.3 Å². The Morgan fingerprint density at radius 2 is 1.94 bits per heavy atom. The second-order valence-corrected chi connectivity index (χ2v) is 7.27. The van der Waals surface area contributed by atoms with E-state index in [1.165, 1.54) is 18.4 Å². The van der Waals surface area contributed by atoms with Gasteiger partial charge in [-0.1, -0.05) is 0 Å². The summed E-state index contributed by atoms with van der Waals surface area (Å²) in [6.07, 6.45) is -1.32. The maximum Gasteiger partial charge on any atom is 0.303 e. The predicted molar refractivity (Wildman–Crippen MR) is 105 cm³/mol. The number of fused-ring (bicyclic) bond motifs is 1. The Kier molecular flexibility index (Phi) is 5.98. The number of carbonyl (C=O) groups excluding carboxylic acids is 3. The molecule has 2 aromatic rings. The quantitative estimate of drug-likeness (QED) is 0.280. The molecule has 0 aliphatic carbocycles. The lowest BCUT2D eigenvalue weighted by molar-refractivity contribution is -0.383. The van der Waals surface area contributed by atoms with E-state index < -0.39 is 52.6 Å². The van der Waals surface area contributed by atoms with Gasteiger partial charge in [0.25, 0.3) is 5.69 Å². The SMILES string of the molecule is CC(=O)OC[C@H]1O[C@@H](n2cc([N+](=O)[O-])c3c(N)ncnc32)C(C)(OC(C)=O)[C@@H]1OC(C)=O. The summed E-state index contributed by atoms with van der Waals surface area (Å²) in [6.45, 7) is 4.57. The van der Waals surface area contributed by atoms with Gasteiger partial charge in [0.1, 0.15) is 30.2 Å². The Morgan fingerprint density at radius 3 is 2.50 bits per heavy atom. The maximum atomic E-state index is 12.0. The zero-order chi connectivity index (χ0) is 23.8. The van der Waals surface area contributed by atoms with Crippen molar-refractivity contribution in [2.45, 2.75) is 51.7 Å². The van der Waals surface area contributed by atoms with Gasteiger partial charge in [0, 0.05) is 20.8 Å². The molecule has 0 spiro atoms. The van der Waals surface area contributed by atoms with Crippen molar-refractivity contribution in [2.24, 2.45) is 0 Å². The zero-order valence-corrected chi connectivity index (χ0v) is 17.6. The van der Waals surface area contributed by atoms with Crippen LogP contribution in [0.4, 0.5) is 11.5 Å². The van der Waals surface area contributed by atoms with Crippen LogP contribution in [0, 0.1) is 10.1 Å². The van der Waals surface area contributed by atoms with Crippen molar-refractivity contribution in [1.82, 2.24) is 14.5 Å². The van der Waals surface area contributed by atoms with Gasteiger partial charge in [0.15, 0.2) is 23.6 Å². The van der Waals surface area contributed by atoms with Gasteiger partial charge in [0.2, 0.25) is 0 Å².